The number of hydrogen-bond acceptors (Lipinski definition) is 3. The summed E-state index contributed by atoms with van der Waals surface area (Å²) in [4.78, 5) is 0. The molecule has 3 unspecified atom stereocenters. The van der Waals surface area contributed by atoms with E-state index in [1.54, 1.807) is 19.2 Å². The van der Waals surface area contributed by atoms with Crippen LogP contribution in [0.15, 0.2) is 18.2 Å². The number of ether oxygens (including phenoxy) is 2. The molecule has 0 bridgehead atoms. The van der Waals surface area contributed by atoms with Gasteiger partial charge in [-0.15, -0.1) is 0 Å². The molecule has 3 atom stereocenters. The lowest BCUT2D eigenvalue weighted by atomic mass is 9.55. The predicted molar refractivity (Wildman–Crippen MR) is 76.6 cm³/mol. The van der Waals surface area contributed by atoms with E-state index in [9.17, 15) is 4.39 Å². The zero-order valence-corrected chi connectivity index (χ0v) is 12.3. The molecule has 4 heteroatoms. The molecule has 1 aromatic rings. The number of hydrogen-bond donors (Lipinski definition) is 1. The lowest BCUT2D eigenvalue weighted by molar-refractivity contribution is -0.177. The van der Waals surface area contributed by atoms with Gasteiger partial charge < -0.3 is 14.8 Å². The van der Waals surface area contributed by atoms with Gasteiger partial charge in [0.05, 0.1) is 18.9 Å². The van der Waals surface area contributed by atoms with E-state index in [0.717, 1.165) is 19.4 Å². The van der Waals surface area contributed by atoms with Crippen LogP contribution in [0.25, 0.3) is 0 Å². The average molecular weight is 279 g/mol. The number of rotatable bonds is 3. The van der Waals surface area contributed by atoms with E-state index in [2.05, 4.69) is 19.2 Å². The van der Waals surface area contributed by atoms with Gasteiger partial charge in [0.25, 0.3) is 0 Å². The second-order valence-electron chi connectivity index (χ2n) is 6.39. The van der Waals surface area contributed by atoms with E-state index in [0.29, 0.717) is 23.5 Å². The summed E-state index contributed by atoms with van der Waals surface area (Å²) in [6.07, 6.45) is 2.54. The molecule has 1 saturated heterocycles. The first-order valence-electron chi connectivity index (χ1n) is 7.25. The maximum absolute atomic E-state index is 14.0. The van der Waals surface area contributed by atoms with Gasteiger partial charge in [0.2, 0.25) is 0 Å². The van der Waals surface area contributed by atoms with E-state index in [1.807, 2.05) is 0 Å². The molecule has 1 aliphatic carbocycles. The normalized spacial score (nSPS) is 31.1. The first kappa shape index (κ1) is 13.7. The largest absolute Gasteiger partial charge is 0.497 e. The van der Waals surface area contributed by atoms with Crippen LogP contribution in [0.3, 0.4) is 0 Å². The molecule has 20 heavy (non-hydrogen) atoms. The second-order valence-corrected chi connectivity index (χ2v) is 6.39. The van der Waals surface area contributed by atoms with Gasteiger partial charge in [0.15, 0.2) is 0 Å². The van der Waals surface area contributed by atoms with Crippen molar-refractivity contribution in [3.63, 3.8) is 0 Å². The Labute approximate surface area is 119 Å². The third kappa shape index (κ3) is 2.06. The Morgan fingerprint density at radius 1 is 1.40 bits per heavy atom. The van der Waals surface area contributed by atoms with Crippen LogP contribution in [0.5, 0.6) is 5.75 Å². The third-order valence-corrected chi connectivity index (χ3v) is 4.82. The minimum Gasteiger partial charge on any atom is -0.497 e. The van der Waals surface area contributed by atoms with Crippen LogP contribution in [0.2, 0.25) is 0 Å². The molecule has 3 rings (SSSR count). The standard InChI is InChI=1S/C16H22FNO2/c1-16(2)14(11-5-4-8-20-15(11)16)18-13-9-10(19-3)6-7-12(13)17/h6-7,9,11,14-15,18H,4-5,8H2,1-3H3. The Morgan fingerprint density at radius 2 is 2.20 bits per heavy atom. The summed E-state index contributed by atoms with van der Waals surface area (Å²) < 4.78 is 25.0. The summed E-state index contributed by atoms with van der Waals surface area (Å²) in [7, 11) is 1.59. The van der Waals surface area contributed by atoms with Crippen molar-refractivity contribution in [2.45, 2.75) is 38.8 Å². The molecule has 1 saturated carbocycles. The third-order valence-electron chi connectivity index (χ3n) is 4.82. The van der Waals surface area contributed by atoms with Crippen LogP contribution in [0.4, 0.5) is 10.1 Å². The van der Waals surface area contributed by atoms with E-state index in [-0.39, 0.29) is 17.3 Å². The molecule has 1 aromatic carbocycles. The molecule has 110 valence electrons. The highest BCUT2D eigenvalue weighted by atomic mass is 19.1. The van der Waals surface area contributed by atoms with Gasteiger partial charge in [-0.05, 0) is 25.0 Å². The fourth-order valence-corrected chi connectivity index (χ4v) is 3.73. The van der Waals surface area contributed by atoms with Crippen molar-refractivity contribution in [1.29, 1.82) is 0 Å². The molecule has 2 aliphatic rings. The summed E-state index contributed by atoms with van der Waals surface area (Å²) in [6.45, 7) is 5.23. The number of halogens is 1. The Balaban J connectivity index is 1.80. The van der Waals surface area contributed by atoms with Crippen molar-refractivity contribution in [1.82, 2.24) is 0 Å². The topological polar surface area (TPSA) is 30.5 Å². The van der Waals surface area contributed by atoms with Gasteiger partial charge >= 0.3 is 0 Å². The molecule has 0 radical (unpaired) electrons. The van der Waals surface area contributed by atoms with Crippen LogP contribution >= 0.6 is 0 Å². The molecular formula is C16H22FNO2. The van der Waals surface area contributed by atoms with Crippen LogP contribution in [0.1, 0.15) is 26.7 Å². The van der Waals surface area contributed by atoms with Crippen LogP contribution in [-0.4, -0.2) is 25.9 Å². The van der Waals surface area contributed by atoms with Crippen molar-refractivity contribution < 1.29 is 13.9 Å². The minimum absolute atomic E-state index is 0.0284. The number of fused-ring (bicyclic) bond motifs is 1. The molecular weight excluding hydrogens is 257 g/mol. The zero-order valence-electron chi connectivity index (χ0n) is 12.3. The Hall–Kier alpha value is -1.29. The molecule has 0 amide bonds. The Kier molecular flexibility index (Phi) is 3.36. The van der Waals surface area contributed by atoms with Gasteiger partial charge in [-0.1, -0.05) is 13.8 Å². The van der Waals surface area contributed by atoms with E-state index in [4.69, 9.17) is 9.47 Å². The molecule has 0 spiro atoms. The lowest BCUT2D eigenvalue weighted by Gasteiger charge is -2.60. The molecule has 0 aromatic heterocycles. The summed E-state index contributed by atoms with van der Waals surface area (Å²) >= 11 is 0. The van der Waals surface area contributed by atoms with E-state index >= 15 is 0 Å². The quantitative estimate of drug-likeness (QED) is 0.919. The SMILES string of the molecule is COc1ccc(F)c(NC2C3CCCOC3C2(C)C)c1. The molecule has 3 nitrogen and oxygen atoms in total. The highest BCUT2D eigenvalue weighted by Crippen LogP contribution is 2.52. The van der Waals surface area contributed by atoms with Crippen molar-refractivity contribution in [3.8, 4) is 5.75 Å². The predicted octanol–water partition coefficient (Wildman–Crippen LogP) is 3.45. The Bertz CT molecular complexity index is 503. The monoisotopic (exact) mass is 279 g/mol. The first-order valence-corrected chi connectivity index (χ1v) is 7.25. The molecule has 1 heterocycles. The fraction of sp³-hybridized carbons (Fsp3) is 0.625. The summed E-state index contributed by atoms with van der Waals surface area (Å²) in [5.41, 5.74) is 0.548. The van der Waals surface area contributed by atoms with Gasteiger partial charge in [-0.3, -0.25) is 0 Å². The summed E-state index contributed by atoms with van der Waals surface area (Å²) in [5.74, 6) is 0.911. The van der Waals surface area contributed by atoms with Crippen molar-refractivity contribution >= 4 is 5.69 Å². The van der Waals surface area contributed by atoms with Crippen LogP contribution < -0.4 is 10.1 Å². The van der Waals surface area contributed by atoms with Crippen LogP contribution in [-0.2, 0) is 4.74 Å². The number of anilines is 1. The Morgan fingerprint density at radius 3 is 2.95 bits per heavy atom. The highest BCUT2D eigenvalue weighted by molar-refractivity contribution is 5.51. The van der Waals surface area contributed by atoms with Gasteiger partial charge in [0.1, 0.15) is 11.6 Å². The highest BCUT2D eigenvalue weighted by Gasteiger charge is 2.58. The summed E-state index contributed by atoms with van der Waals surface area (Å²) in [5, 5.41) is 3.38. The van der Waals surface area contributed by atoms with Crippen molar-refractivity contribution in [2.24, 2.45) is 11.3 Å². The van der Waals surface area contributed by atoms with Crippen molar-refractivity contribution in [2.75, 3.05) is 19.0 Å². The van der Waals surface area contributed by atoms with Gasteiger partial charge in [-0.2, -0.15) is 0 Å². The zero-order chi connectivity index (χ0) is 14.3. The van der Waals surface area contributed by atoms with Crippen LogP contribution in [0, 0.1) is 17.2 Å². The molecule has 1 N–H and O–H groups in total. The number of nitrogens with one attached hydrogen (secondary N) is 1. The maximum Gasteiger partial charge on any atom is 0.146 e. The number of methoxy groups -OCH3 is 1. The van der Waals surface area contributed by atoms with Gasteiger partial charge in [0, 0.05) is 30.0 Å². The average Bonchev–Trinajstić information content (AvgIpc) is 2.46. The van der Waals surface area contributed by atoms with E-state index in [1.165, 1.54) is 6.07 Å². The first-order chi connectivity index (χ1) is 9.54. The minimum atomic E-state index is -0.234. The smallest absolute Gasteiger partial charge is 0.146 e. The second kappa shape index (κ2) is 4.92. The number of benzene rings is 1. The summed E-state index contributed by atoms with van der Waals surface area (Å²) in [6, 6.07) is 5.05. The van der Waals surface area contributed by atoms with Crippen molar-refractivity contribution in [3.05, 3.63) is 24.0 Å². The van der Waals surface area contributed by atoms with E-state index < -0.39 is 0 Å². The maximum atomic E-state index is 14.0. The lowest BCUT2D eigenvalue weighted by Crippen LogP contribution is -2.67. The molecule has 2 fully saturated rings. The molecule has 1 aliphatic heterocycles. The van der Waals surface area contributed by atoms with Gasteiger partial charge in [-0.25, -0.2) is 4.39 Å². The fourth-order valence-electron chi connectivity index (χ4n) is 3.73.